The molecule has 1 rings (SSSR count). The second-order valence-electron chi connectivity index (χ2n) is 1.48. The fraction of sp³-hybridized carbons (Fsp3) is 0.167. The molecule has 0 saturated carbocycles. The van der Waals surface area contributed by atoms with E-state index in [0.29, 0.717) is 6.61 Å². The van der Waals surface area contributed by atoms with Gasteiger partial charge in [0.05, 0.1) is 6.26 Å². The molecule has 0 N–H and O–H groups in total. The first-order valence-corrected chi connectivity index (χ1v) is 2.54. The van der Waals surface area contributed by atoms with Crippen LogP contribution in [0.5, 0.6) is 0 Å². The summed E-state index contributed by atoms with van der Waals surface area (Å²) < 4.78 is 4.92. The van der Waals surface area contributed by atoms with Crippen molar-refractivity contribution in [2.45, 2.75) is 6.61 Å². The van der Waals surface area contributed by atoms with Crippen molar-refractivity contribution in [1.29, 1.82) is 0 Å². The summed E-state index contributed by atoms with van der Waals surface area (Å²) in [5, 5.41) is 3.20. The molecule has 3 heteroatoms. The molecule has 0 aliphatic carbocycles. The Labute approximate surface area is 52.9 Å². The number of hydrogen-bond acceptors (Lipinski definition) is 3. The van der Waals surface area contributed by atoms with Gasteiger partial charge >= 0.3 is 0 Å². The topological polar surface area (TPSA) is 34.7 Å². The maximum atomic E-state index is 4.92. The molecule has 1 heterocycles. The van der Waals surface area contributed by atoms with Crippen LogP contribution in [0.1, 0.15) is 5.76 Å². The highest BCUT2D eigenvalue weighted by molar-refractivity contribution is 5.21. The Morgan fingerprint density at radius 3 is 3.22 bits per heavy atom. The lowest BCUT2D eigenvalue weighted by molar-refractivity contribution is 0.117. The summed E-state index contributed by atoms with van der Waals surface area (Å²) in [7, 11) is 0. The summed E-state index contributed by atoms with van der Waals surface area (Å²) in [6.07, 6.45) is 1.59. The quantitative estimate of drug-likeness (QED) is 0.452. The Balaban J connectivity index is 2.38. The number of oxime groups is 1. The predicted octanol–water partition coefficient (Wildman–Crippen LogP) is 1.41. The van der Waals surface area contributed by atoms with Crippen molar-refractivity contribution in [3.8, 4) is 0 Å². The van der Waals surface area contributed by atoms with Crippen LogP contribution in [0.15, 0.2) is 28.0 Å². The van der Waals surface area contributed by atoms with Crippen molar-refractivity contribution in [3.05, 3.63) is 24.2 Å². The summed E-state index contributed by atoms with van der Waals surface area (Å²) in [5.74, 6) is 0.752. The van der Waals surface area contributed by atoms with Crippen LogP contribution in [0.2, 0.25) is 0 Å². The third kappa shape index (κ3) is 1.60. The largest absolute Gasteiger partial charge is 0.466 e. The molecular weight excluding hydrogens is 118 g/mol. The third-order valence-corrected chi connectivity index (χ3v) is 0.878. The lowest BCUT2D eigenvalue weighted by atomic mass is 10.5. The molecule has 3 nitrogen and oxygen atoms in total. The van der Waals surface area contributed by atoms with Gasteiger partial charge < -0.3 is 9.25 Å². The van der Waals surface area contributed by atoms with Crippen LogP contribution in [0, 0.1) is 0 Å². The van der Waals surface area contributed by atoms with Gasteiger partial charge in [0.25, 0.3) is 0 Å². The fourth-order valence-electron chi connectivity index (χ4n) is 0.504. The van der Waals surface area contributed by atoms with E-state index in [-0.39, 0.29) is 0 Å². The van der Waals surface area contributed by atoms with E-state index in [2.05, 4.69) is 16.7 Å². The molecule has 9 heavy (non-hydrogen) atoms. The van der Waals surface area contributed by atoms with Gasteiger partial charge in [-0.05, 0) is 12.1 Å². The van der Waals surface area contributed by atoms with Crippen LogP contribution in [-0.2, 0) is 11.4 Å². The maximum Gasteiger partial charge on any atom is 0.174 e. The van der Waals surface area contributed by atoms with Crippen molar-refractivity contribution in [2.75, 3.05) is 0 Å². The van der Waals surface area contributed by atoms with Gasteiger partial charge in [0, 0.05) is 6.72 Å². The molecule has 0 unspecified atom stereocenters. The Morgan fingerprint density at radius 1 is 1.78 bits per heavy atom. The maximum absolute atomic E-state index is 4.92. The average molecular weight is 125 g/mol. The second kappa shape index (κ2) is 2.91. The van der Waals surface area contributed by atoms with Gasteiger partial charge in [-0.1, -0.05) is 0 Å². The molecule has 0 radical (unpaired) electrons. The smallest absolute Gasteiger partial charge is 0.174 e. The van der Waals surface area contributed by atoms with E-state index in [1.165, 1.54) is 0 Å². The van der Waals surface area contributed by atoms with Crippen LogP contribution >= 0.6 is 0 Å². The minimum absolute atomic E-state index is 0.358. The highest BCUT2D eigenvalue weighted by Crippen LogP contribution is 2.00. The first-order chi connectivity index (χ1) is 4.43. The van der Waals surface area contributed by atoms with E-state index < -0.39 is 0 Å². The van der Waals surface area contributed by atoms with Crippen LogP contribution in [0.25, 0.3) is 0 Å². The monoisotopic (exact) mass is 125 g/mol. The van der Waals surface area contributed by atoms with Crippen LogP contribution in [0.3, 0.4) is 0 Å². The summed E-state index contributed by atoms with van der Waals surface area (Å²) in [5.41, 5.74) is 0. The summed E-state index contributed by atoms with van der Waals surface area (Å²) in [6.45, 7) is 3.50. The molecule has 1 aromatic rings. The first kappa shape index (κ1) is 5.88. The molecule has 0 aliphatic heterocycles. The number of rotatable bonds is 3. The fourth-order valence-corrected chi connectivity index (χ4v) is 0.504. The van der Waals surface area contributed by atoms with Gasteiger partial charge in [-0.2, -0.15) is 0 Å². The Hall–Kier alpha value is -1.25. The molecule has 0 fully saturated rings. The molecule has 0 aromatic carbocycles. The van der Waals surface area contributed by atoms with Gasteiger partial charge in [-0.25, -0.2) is 0 Å². The SMILES string of the molecule is C=NOCc1ccco1. The van der Waals surface area contributed by atoms with E-state index in [1.54, 1.807) is 12.3 Å². The number of furan rings is 1. The van der Waals surface area contributed by atoms with E-state index in [4.69, 9.17) is 4.42 Å². The van der Waals surface area contributed by atoms with Crippen LogP contribution in [-0.4, -0.2) is 6.72 Å². The Kier molecular flexibility index (Phi) is 1.90. The molecule has 0 amide bonds. The average Bonchev–Trinajstić information content (AvgIpc) is 2.34. The van der Waals surface area contributed by atoms with Gasteiger partial charge in [0.15, 0.2) is 6.61 Å². The standard InChI is InChI=1S/C6H7NO2/c1-7-9-5-6-3-2-4-8-6/h2-4H,1,5H2. The molecule has 0 aliphatic rings. The number of nitrogens with zero attached hydrogens (tertiary/aromatic N) is 1. The highest BCUT2D eigenvalue weighted by Gasteiger charge is 1.91. The molecule has 0 atom stereocenters. The molecule has 1 aromatic heterocycles. The van der Waals surface area contributed by atoms with E-state index in [1.807, 2.05) is 6.07 Å². The minimum Gasteiger partial charge on any atom is -0.466 e. The van der Waals surface area contributed by atoms with Gasteiger partial charge in [0.2, 0.25) is 0 Å². The lowest BCUT2D eigenvalue weighted by Gasteiger charge is -1.90. The zero-order valence-electron chi connectivity index (χ0n) is 4.91. The summed E-state index contributed by atoms with van der Waals surface area (Å²) in [6, 6.07) is 3.60. The third-order valence-electron chi connectivity index (χ3n) is 0.878. The van der Waals surface area contributed by atoms with Gasteiger partial charge in [0.1, 0.15) is 5.76 Å². The Morgan fingerprint density at radius 2 is 2.67 bits per heavy atom. The molecular formula is C6H7NO2. The van der Waals surface area contributed by atoms with Crippen LogP contribution < -0.4 is 0 Å². The minimum atomic E-state index is 0.358. The van der Waals surface area contributed by atoms with E-state index >= 15 is 0 Å². The zero-order chi connectivity index (χ0) is 6.53. The molecule has 0 saturated heterocycles. The summed E-state index contributed by atoms with van der Waals surface area (Å²) >= 11 is 0. The molecule has 48 valence electrons. The van der Waals surface area contributed by atoms with Crippen molar-refractivity contribution in [1.82, 2.24) is 0 Å². The van der Waals surface area contributed by atoms with Crippen molar-refractivity contribution in [3.63, 3.8) is 0 Å². The second-order valence-corrected chi connectivity index (χ2v) is 1.48. The van der Waals surface area contributed by atoms with Crippen molar-refractivity contribution >= 4 is 6.72 Å². The summed E-state index contributed by atoms with van der Waals surface area (Å²) in [4.78, 5) is 4.60. The van der Waals surface area contributed by atoms with Crippen molar-refractivity contribution in [2.24, 2.45) is 5.16 Å². The lowest BCUT2D eigenvalue weighted by Crippen LogP contribution is -1.80. The normalized spacial score (nSPS) is 8.89. The van der Waals surface area contributed by atoms with Gasteiger partial charge in [-0.15, -0.1) is 5.16 Å². The van der Waals surface area contributed by atoms with Crippen LogP contribution in [0.4, 0.5) is 0 Å². The zero-order valence-corrected chi connectivity index (χ0v) is 4.91. The number of hydrogen-bond donors (Lipinski definition) is 0. The highest BCUT2D eigenvalue weighted by atomic mass is 16.6. The van der Waals surface area contributed by atoms with E-state index in [0.717, 1.165) is 5.76 Å². The molecule has 0 spiro atoms. The van der Waals surface area contributed by atoms with Crippen molar-refractivity contribution < 1.29 is 9.25 Å². The van der Waals surface area contributed by atoms with Gasteiger partial charge in [-0.3, -0.25) is 0 Å². The predicted molar refractivity (Wildman–Crippen MR) is 33.0 cm³/mol. The Bertz CT molecular complexity index is 169. The van der Waals surface area contributed by atoms with E-state index in [9.17, 15) is 0 Å². The molecule has 0 bridgehead atoms. The first-order valence-electron chi connectivity index (χ1n) is 2.54.